The molecular weight excluding hydrogens is 158 g/mol. The van der Waals surface area contributed by atoms with Gasteiger partial charge in [-0.05, 0) is 19.8 Å². The molecule has 0 bridgehead atoms. The van der Waals surface area contributed by atoms with E-state index < -0.39 is 12.0 Å². The monoisotopic (exact) mass is 175 g/mol. The third-order valence-electron chi connectivity index (χ3n) is 1.00. The molecule has 0 aliphatic carbocycles. The standard InChI is InChI=1S/C5H11NO2.C3H6O/c1-3(2)4(6)5(7)8;1-3(2)4/h3-4H,6H2,1-2H3,(H,7,8);1-2H3/t4-;/m0./s1. The molecule has 12 heavy (non-hydrogen) atoms. The van der Waals surface area contributed by atoms with E-state index >= 15 is 0 Å². The first-order valence-electron chi connectivity index (χ1n) is 3.74. The van der Waals surface area contributed by atoms with E-state index in [0.29, 0.717) is 0 Å². The summed E-state index contributed by atoms with van der Waals surface area (Å²) < 4.78 is 0. The van der Waals surface area contributed by atoms with Gasteiger partial charge in [-0.2, -0.15) is 0 Å². The van der Waals surface area contributed by atoms with Crippen molar-refractivity contribution >= 4 is 11.8 Å². The second-order valence-electron chi connectivity index (χ2n) is 3.02. The van der Waals surface area contributed by atoms with Crippen molar-refractivity contribution in [1.82, 2.24) is 0 Å². The smallest absolute Gasteiger partial charge is 0.320 e. The molecule has 0 unspecified atom stereocenters. The number of carboxylic acid groups (broad SMARTS) is 1. The van der Waals surface area contributed by atoms with E-state index in [1.807, 2.05) is 0 Å². The summed E-state index contributed by atoms with van der Waals surface area (Å²) in [7, 11) is 0. The van der Waals surface area contributed by atoms with E-state index in [1.165, 1.54) is 13.8 Å². The van der Waals surface area contributed by atoms with Crippen LogP contribution in [-0.4, -0.2) is 22.9 Å². The molecule has 0 amide bonds. The molecule has 3 N–H and O–H groups in total. The van der Waals surface area contributed by atoms with Crippen LogP contribution in [0.1, 0.15) is 27.7 Å². The summed E-state index contributed by atoms with van der Waals surface area (Å²) >= 11 is 0. The van der Waals surface area contributed by atoms with Crippen LogP contribution in [0.2, 0.25) is 0 Å². The highest BCUT2D eigenvalue weighted by atomic mass is 16.4. The van der Waals surface area contributed by atoms with Gasteiger partial charge in [0.1, 0.15) is 11.8 Å². The minimum absolute atomic E-state index is 0.0208. The van der Waals surface area contributed by atoms with Crippen LogP contribution in [0.4, 0.5) is 0 Å². The van der Waals surface area contributed by atoms with Crippen LogP contribution in [0.25, 0.3) is 0 Å². The summed E-state index contributed by atoms with van der Waals surface area (Å²) in [5, 5.41) is 8.23. The van der Waals surface area contributed by atoms with Crippen LogP contribution >= 0.6 is 0 Å². The zero-order valence-corrected chi connectivity index (χ0v) is 8.00. The number of rotatable bonds is 2. The molecule has 4 heteroatoms. The number of carbonyl (C=O) groups excluding carboxylic acids is 1. The van der Waals surface area contributed by atoms with Crippen molar-refractivity contribution in [3.63, 3.8) is 0 Å². The molecule has 0 radical (unpaired) electrons. The van der Waals surface area contributed by atoms with Crippen molar-refractivity contribution in [2.45, 2.75) is 33.7 Å². The van der Waals surface area contributed by atoms with Gasteiger partial charge in [0.15, 0.2) is 0 Å². The van der Waals surface area contributed by atoms with E-state index in [2.05, 4.69) is 0 Å². The Morgan fingerprint density at radius 1 is 1.25 bits per heavy atom. The van der Waals surface area contributed by atoms with Gasteiger partial charge in [0.2, 0.25) is 0 Å². The summed E-state index contributed by atoms with van der Waals surface area (Å²) in [6, 6.07) is -0.713. The van der Waals surface area contributed by atoms with Gasteiger partial charge in [0.25, 0.3) is 0 Å². The van der Waals surface area contributed by atoms with Gasteiger partial charge in [-0.25, -0.2) is 0 Å². The lowest BCUT2D eigenvalue weighted by atomic mass is 10.1. The molecule has 0 heterocycles. The maximum Gasteiger partial charge on any atom is 0.320 e. The molecule has 1 atom stereocenters. The second kappa shape index (κ2) is 6.79. The van der Waals surface area contributed by atoms with Crippen molar-refractivity contribution in [1.29, 1.82) is 0 Å². The first-order valence-corrected chi connectivity index (χ1v) is 3.74. The highest BCUT2D eigenvalue weighted by Gasteiger charge is 2.14. The van der Waals surface area contributed by atoms with Crippen LogP contribution in [-0.2, 0) is 9.59 Å². The number of carboxylic acids is 1. The highest BCUT2D eigenvalue weighted by molar-refractivity contribution is 5.73. The average molecular weight is 175 g/mol. The van der Waals surface area contributed by atoms with Crippen LogP contribution < -0.4 is 5.73 Å². The average Bonchev–Trinajstić information content (AvgIpc) is 1.84. The summed E-state index contributed by atoms with van der Waals surface area (Å²) in [5.74, 6) is -0.743. The Kier molecular flexibility index (Phi) is 7.73. The van der Waals surface area contributed by atoms with E-state index in [1.54, 1.807) is 13.8 Å². The predicted octanol–water partition coefficient (Wildman–Crippen LogP) is 0.650. The molecule has 0 aliphatic heterocycles. The normalized spacial score (nSPS) is 11.5. The molecule has 0 aromatic heterocycles. The van der Waals surface area contributed by atoms with Crippen molar-refractivity contribution in [2.24, 2.45) is 11.7 Å². The molecule has 0 saturated heterocycles. The molecule has 0 aromatic carbocycles. The van der Waals surface area contributed by atoms with Gasteiger partial charge in [-0.1, -0.05) is 13.8 Å². The predicted molar refractivity (Wildman–Crippen MR) is 46.8 cm³/mol. The number of hydrogen-bond acceptors (Lipinski definition) is 3. The van der Waals surface area contributed by atoms with Crippen LogP contribution in [0.3, 0.4) is 0 Å². The molecule has 72 valence electrons. The number of nitrogens with two attached hydrogens (primary N) is 1. The summed E-state index contributed by atoms with van der Waals surface area (Å²) in [5.41, 5.74) is 5.16. The number of carbonyl (C=O) groups is 2. The fourth-order valence-electron chi connectivity index (χ4n) is 0.285. The minimum Gasteiger partial charge on any atom is -0.480 e. The first-order chi connectivity index (χ1) is 5.29. The lowest BCUT2D eigenvalue weighted by Gasteiger charge is -2.07. The van der Waals surface area contributed by atoms with E-state index in [9.17, 15) is 9.59 Å². The van der Waals surface area contributed by atoms with Crippen LogP contribution in [0.5, 0.6) is 0 Å². The van der Waals surface area contributed by atoms with Crippen LogP contribution in [0, 0.1) is 5.92 Å². The topological polar surface area (TPSA) is 80.4 Å². The maximum absolute atomic E-state index is 10.0. The largest absolute Gasteiger partial charge is 0.480 e. The van der Waals surface area contributed by atoms with Crippen molar-refractivity contribution in [3.8, 4) is 0 Å². The van der Waals surface area contributed by atoms with E-state index in [0.717, 1.165) is 0 Å². The quantitative estimate of drug-likeness (QED) is 0.645. The van der Waals surface area contributed by atoms with Crippen LogP contribution in [0.15, 0.2) is 0 Å². The highest BCUT2D eigenvalue weighted by Crippen LogP contribution is 1.96. The van der Waals surface area contributed by atoms with Crippen molar-refractivity contribution in [2.75, 3.05) is 0 Å². The number of aliphatic carboxylic acids is 1. The maximum atomic E-state index is 10.0. The Morgan fingerprint density at radius 3 is 1.50 bits per heavy atom. The minimum atomic E-state index is -0.931. The number of Topliss-reactive ketones (excluding diaryl/α,β-unsaturated/α-hetero) is 1. The number of ketones is 1. The Balaban J connectivity index is 0. The molecule has 0 spiro atoms. The summed E-state index contributed by atoms with van der Waals surface area (Å²) in [4.78, 5) is 19.5. The van der Waals surface area contributed by atoms with Gasteiger partial charge in [0, 0.05) is 0 Å². The Bertz CT molecular complexity index is 150. The van der Waals surface area contributed by atoms with Gasteiger partial charge < -0.3 is 15.6 Å². The molecule has 0 aliphatic rings. The Morgan fingerprint density at radius 2 is 1.50 bits per heavy atom. The summed E-state index contributed by atoms with van der Waals surface area (Å²) in [6.45, 7) is 6.61. The van der Waals surface area contributed by atoms with Gasteiger partial charge >= 0.3 is 5.97 Å². The zero-order valence-electron chi connectivity index (χ0n) is 8.00. The van der Waals surface area contributed by atoms with Crippen molar-refractivity contribution in [3.05, 3.63) is 0 Å². The fourth-order valence-corrected chi connectivity index (χ4v) is 0.285. The third-order valence-corrected chi connectivity index (χ3v) is 1.00. The molecule has 0 fully saturated rings. The lowest BCUT2D eigenvalue weighted by Crippen LogP contribution is -2.34. The molecule has 0 rings (SSSR count). The van der Waals surface area contributed by atoms with Gasteiger partial charge in [0.05, 0.1) is 0 Å². The second-order valence-corrected chi connectivity index (χ2v) is 3.02. The fraction of sp³-hybridized carbons (Fsp3) is 0.750. The van der Waals surface area contributed by atoms with E-state index in [-0.39, 0.29) is 11.7 Å². The lowest BCUT2D eigenvalue weighted by molar-refractivity contribution is -0.139. The molecule has 4 nitrogen and oxygen atoms in total. The van der Waals surface area contributed by atoms with Gasteiger partial charge in [-0.15, -0.1) is 0 Å². The zero-order chi connectivity index (χ0) is 10.3. The summed E-state index contributed by atoms with van der Waals surface area (Å²) in [6.07, 6.45) is 0. The Labute approximate surface area is 72.8 Å². The number of hydrogen-bond donors (Lipinski definition) is 2. The molecule has 0 saturated carbocycles. The molecule has 0 aromatic rings. The first kappa shape index (κ1) is 13.7. The third kappa shape index (κ3) is 11.8. The van der Waals surface area contributed by atoms with Crippen molar-refractivity contribution < 1.29 is 14.7 Å². The Hall–Kier alpha value is -0.900. The SMILES string of the molecule is CC(C)=O.CC(C)[C@H](N)C(=O)O. The molecular formula is C8H17NO3. The van der Waals surface area contributed by atoms with E-state index in [4.69, 9.17) is 10.8 Å². The van der Waals surface area contributed by atoms with Gasteiger partial charge in [-0.3, -0.25) is 4.79 Å².